The molecule has 0 radical (unpaired) electrons. The SMILES string of the molecule is CCC[C@](C)(OC)C(=O)Nc1ccc(OC(C)C)c2ncccc12. The molecule has 0 saturated heterocycles. The van der Waals surface area contributed by atoms with Crippen molar-refractivity contribution in [1.82, 2.24) is 4.98 Å². The van der Waals surface area contributed by atoms with Gasteiger partial charge >= 0.3 is 0 Å². The Kier molecular flexibility index (Phi) is 5.78. The van der Waals surface area contributed by atoms with E-state index < -0.39 is 5.60 Å². The van der Waals surface area contributed by atoms with Crippen LogP contribution in [-0.2, 0) is 9.53 Å². The van der Waals surface area contributed by atoms with Crippen molar-refractivity contribution in [3.63, 3.8) is 0 Å². The molecule has 5 heteroatoms. The summed E-state index contributed by atoms with van der Waals surface area (Å²) in [6, 6.07) is 7.46. The van der Waals surface area contributed by atoms with E-state index in [-0.39, 0.29) is 12.0 Å². The smallest absolute Gasteiger partial charge is 0.256 e. The molecule has 2 aromatic rings. The third-order valence-electron chi connectivity index (χ3n) is 4.00. The van der Waals surface area contributed by atoms with Crippen LogP contribution in [0.1, 0.15) is 40.5 Å². The highest BCUT2D eigenvalue weighted by Gasteiger charge is 2.32. The van der Waals surface area contributed by atoms with Crippen molar-refractivity contribution in [1.29, 1.82) is 0 Å². The number of hydrogen-bond donors (Lipinski definition) is 1. The number of aromatic nitrogens is 1. The second-order valence-corrected chi connectivity index (χ2v) is 6.32. The molecule has 1 amide bonds. The van der Waals surface area contributed by atoms with Crippen LogP contribution >= 0.6 is 0 Å². The Labute approximate surface area is 143 Å². The quantitative estimate of drug-likeness (QED) is 0.828. The van der Waals surface area contributed by atoms with E-state index in [0.29, 0.717) is 17.9 Å². The first kappa shape index (κ1) is 18.2. The van der Waals surface area contributed by atoms with Gasteiger partial charge in [0.2, 0.25) is 0 Å². The summed E-state index contributed by atoms with van der Waals surface area (Å²) in [5.74, 6) is 0.552. The minimum Gasteiger partial charge on any atom is -0.489 e. The van der Waals surface area contributed by atoms with Gasteiger partial charge in [-0.1, -0.05) is 13.3 Å². The molecule has 5 nitrogen and oxygen atoms in total. The fourth-order valence-corrected chi connectivity index (χ4v) is 2.64. The van der Waals surface area contributed by atoms with Crippen LogP contribution in [0.15, 0.2) is 30.5 Å². The molecule has 1 N–H and O–H groups in total. The van der Waals surface area contributed by atoms with Gasteiger partial charge in [-0.3, -0.25) is 9.78 Å². The number of fused-ring (bicyclic) bond motifs is 1. The second kappa shape index (κ2) is 7.62. The van der Waals surface area contributed by atoms with E-state index in [1.54, 1.807) is 13.3 Å². The molecule has 0 saturated carbocycles. The lowest BCUT2D eigenvalue weighted by Gasteiger charge is -2.26. The number of methoxy groups -OCH3 is 1. The summed E-state index contributed by atoms with van der Waals surface area (Å²) in [4.78, 5) is 17.1. The Hall–Kier alpha value is -2.14. The van der Waals surface area contributed by atoms with Crippen LogP contribution in [0.3, 0.4) is 0 Å². The number of pyridine rings is 1. The summed E-state index contributed by atoms with van der Waals surface area (Å²) >= 11 is 0. The standard InChI is InChI=1S/C19H26N2O3/c1-6-11-19(4,23-5)18(22)21-15-9-10-16(24-13(2)3)17-14(15)8-7-12-20-17/h7-10,12-13H,6,11H2,1-5H3,(H,21,22)/t19-/m0/s1. The van der Waals surface area contributed by atoms with E-state index in [0.717, 1.165) is 17.3 Å². The van der Waals surface area contributed by atoms with Crippen LogP contribution in [0.2, 0.25) is 0 Å². The minimum absolute atomic E-state index is 0.0528. The van der Waals surface area contributed by atoms with Crippen LogP contribution in [0.25, 0.3) is 10.9 Å². The molecule has 1 atom stereocenters. The normalized spacial score (nSPS) is 13.8. The van der Waals surface area contributed by atoms with E-state index in [2.05, 4.69) is 10.3 Å². The fourth-order valence-electron chi connectivity index (χ4n) is 2.64. The minimum atomic E-state index is -0.851. The van der Waals surface area contributed by atoms with Crippen LogP contribution in [0.4, 0.5) is 5.69 Å². The highest BCUT2D eigenvalue weighted by molar-refractivity contribution is 6.05. The van der Waals surface area contributed by atoms with E-state index in [4.69, 9.17) is 9.47 Å². The average molecular weight is 330 g/mol. The Morgan fingerprint density at radius 1 is 1.33 bits per heavy atom. The molecular formula is C19H26N2O3. The topological polar surface area (TPSA) is 60.5 Å². The van der Waals surface area contributed by atoms with Crippen molar-refractivity contribution >= 4 is 22.5 Å². The van der Waals surface area contributed by atoms with Gasteiger partial charge in [-0.15, -0.1) is 0 Å². The molecule has 0 spiro atoms. The number of nitrogens with one attached hydrogen (secondary N) is 1. The predicted octanol–water partition coefficient (Wildman–Crippen LogP) is 4.17. The molecule has 0 bridgehead atoms. The lowest BCUT2D eigenvalue weighted by atomic mass is 9.99. The maximum atomic E-state index is 12.7. The molecule has 2 rings (SSSR count). The van der Waals surface area contributed by atoms with Crippen LogP contribution < -0.4 is 10.1 Å². The number of ether oxygens (including phenoxy) is 2. The molecule has 0 fully saturated rings. The van der Waals surface area contributed by atoms with Gasteiger partial charge in [0.05, 0.1) is 11.8 Å². The van der Waals surface area contributed by atoms with E-state index >= 15 is 0 Å². The highest BCUT2D eigenvalue weighted by Crippen LogP contribution is 2.31. The molecule has 0 aliphatic carbocycles. The number of hydrogen-bond acceptors (Lipinski definition) is 4. The van der Waals surface area contributed by atoms with Gasteiger partial charge in [-0.25, -0.2) is 0 Å². The Morgan fingerprint density at radius 2 is 2.08 bits per heavy atom. The number of anilines is 1. The third kappa shape index (κ3) is 3.85. The first-order chi connectivity index (χ1) is 11.4. The van der Waals surface area contributed by atoms with Gasteiger partial charge in [-0.2, -0.15) is 0 Å². The van der Waals surface area contributed by atoms with Gasteiger partial charge in [0.25, 0.3) is 5.91 Å². The Balaban J connectivity index is 2.38. The van der Waals surface area contributed by atoms with Gasteiger partial charge in [-0.05, 0) is 51.5 Å². The summed E-state index contributed by atoms with van der Waals surface area (Å²) in [6.07, 6.45) is 3.29. The maximum absolute atomic E-state index is 12.7. The molecule has 0 aliphatic rings. The van der Waals surface area contributed by atoms with Crippen LogP contribution in [-0.4, -0.2) is 29.7 Å². The number of carbonyl (C=O) groups excluding carboxylic acids is 1. The number of benzene rings is 1. The monoisotopic (exact) mass is 330 g/mol. The predicted molar refractivity (Wildman–Crippen MR) is 96.5 cm³/mol. The molecule has 0 aliphatic heterocycles. The van der Waals surface area contributed by atoms with Crippen molar-refractivity contribution < 1.29 is 14.3 Å². The van der Waals surface area contributed by atoms with Crippen molar-refractivity contribution in [2.24, 2.45) is 0 Å². The van der Waals surface area contributed by atoms with Crippen LogP contribution in [0, 0.1) is 0 Å². The first-order valence-electron chi connectivity index (χ1n) is 8.32. The first-order valence-corrected chi connectivity index (χ1v) is 8.32. The molecule has 130 valence electrons. The number of carbonyl (C=O) groups is 1. The van der Waals surface area contributed by atoms with Crippen LogP contribution in [0.5, 0.6) is 5.75 Å². The maximum Gasteiger partial charge on any atom is 0.256 e. The molecular weight excluding hydrogens is 304 g/mol. The number of amides is 1. The Morgan fingerprint density at radius 3 is 2.71 bits per heavy atom. The average Bonchev–Trinajstić information content (AvgIpc) is 2.56. The fraction of sp³-hybridized carbons (Fsp3) is 0.474. The molecule has 24 heavy (non-hydrogen) atoms. The number of nitrogens with zero attached hydrogens (tertiary/aromatic N) is 1. The number of rotatable bonds is 7. The largest absolute Gasteiger partial charge is 0.489 e. The van der Waals surface area contributed by atoms with Gasteiger partial charge in [0.15, 0.2) is 0 Å². The second-order valence-electron chi connectivity index (χ2n) is 6.32. The lowest BCUT2D eigenvalue weighted by Crippen LogP contribution is -2.41. The van der Waals surface area contributed by atoms with Crippen molar-refractivity contribution in [2.75, 3.05) is 12.4 Å². The molecule has 1 heterocycles. The Bertz CT molecular complexity index is 715. The zero-order valence-corrected chi connectivity index (χ0v) is 15.1. The zero-order chi connectivity index (χ0) is 17.7. The molecule has 1 aromatic carbocycles. The lowest BCUT2D eigenvalue weighted by molar-refractivity contribution is -0.136. The van der Waals surface area contributed by atoms with Gasteiger partial charge in [0.1, 0.15) is 16.9 Å². The van der Waals surface area contributed by atoms with Gasteiger partial charge < -0.3 is 14.8 Å². The summed E-state index contributed by atoms with van der Waals surface area (Å²) < 4.78 is 11.3. The zero-order valence-electron chi connectivity index (χ0n) is 15.1. The summed E-state index contributed by atoms with van der Waals surface area (Å²) in [5, 5.41) is 3.83. The van der Waals surface area contributed by atoms with E-state index in [9.17, 15) is 4.79 Å². The molecule has 0 unspecified atom stereocenters. The highest BCUT2D eigenvalue weighted by atomic mass is 16.5. The van der Waals surface area contributed by atoms with Gasteiger partial charge in [0, 0.05) is 18.7 Å². The van der Waals surface area contributed by atoms with E-state index in [1.807, 2.05) is 52.0 Å². The third-order valence-corrected chi connectivity index (χ3v) is 4.00. The van der Waals surface area contributed by atoms with E-state index in [1.165, 1.54) is 0 Å². The van der Waals surface area contributed by atoms with Crippen molar-refractivity contribution in [3.8, 4) is 5.75 Å². The van der Waals surface area contributed by atoms with Crippen molar-refractivity contribution in [2.45, 2.75) is 52.2 Å². The van der Waals surface area contributed by atoms with Crippen molar-refractivity contribution in [3.05, 3.63) is 30.5 Å². The summed E-state index contributed by atoms with van der Waals surface area (Å²) in [6.45, 7) is 7.78. The summed E-state index contributed by atoms with van der Waals surface area (Å²) in [7, 11) is 1.56. The summed E-state index contributed by atoms with van der Waals surface area (Å²) in [5.41, 5.74) is 0.591. The molecule has 1 aromatic heterocycles.